The first-order valence-corrected chi connectivity index (χ1v) is 8.31. The molecule has 0 fully saturated rings. The maximum atomic E-state index is 12.4. The van der Waals surface area contributed by atoms with Crippen LogP contribution in [0.5, 0.6) is 0 Å². The third-order valence-electron chi connectivity index (χ3n) is 4.04. The van der Waals surface area contributed by atoms with Gasteiger partial charge in [0.25, 0.3) is 5.91 Å². The highest BCUT2D eigenvalue weighted by molar-refractivity contribution is 6.40. The lowest BCUT2D eigenvalue weighted by molar-refractivity contribution is -0.121. The van der Waals surface area contributed by atoms with E-state index in [1.165, 1.54) is 5.01 Å². The van der Waals surface area contributed by atoms with Crippen molar-refractivity contribution in [1.29, 1.82) is 0 Å². The summed E-state index contributed by atoms with van der Waals surface area (Å²) in [4.78, 5) is 36.1. The van der Waals surface area contributed by atoms with E-state index < -0.39 is 0 Å². The average molecular weight is 344 g/mol. The Morgan fingerprint density at radius 1 is 1.28 bits per heavy atom. The Labute approximate surface area is 147 Å². The van der Waals surface area contributed by atoms with Gasteiger partial charge in [-0.05, 0) is 38.0 Å². The average Bonchev–Trinajstić information content (AvgIpc) is 2.57. The number of hydrogen-bond donors (Lipinski definition) is 2. The van der Waals surface area contributed by atoms with E-state index in [1.807, 2.05) is 32.0 Å². The van der Waals surface area contributed by atoms with Crippen molar-refractivity contribution in [2.75, 3.05) is 12.1 Å². The van der Waals surface area contributed by atoms with Gasteiger partial charge in [0.2, 0.25) is 11.8 Å². The molecule has 0 aromatic heterocycles. The maximum Gasteiger partial charge on any atom is 0.267 e. The molecule has 1 atom stereocenters. The van der Waals surface area contributed by atoms with E-state index in [9.17, 15) is 14.4 Å². The summed E-state index contributed by atoms with van der Waals surface area (Å²) in [6, 6.07) is 5.45. The summed E-state index contributed by atoms with van der Waals surface area (Å²) in [5.41, 5.74) is 2.91. The lowest BCUT2D eigenvalue weighted by Crippen LogP contribution is -2.43. The van der Waals surface area contributed by atoms with Gasteiger partial charge in [-0.25, -0.2) is 5.01 Å². The van der Waals surface area contributed by atoms with E-state index in [2.05, 4.69) is 15.7 Å². The van der Waals surface area contributed by atoms with E-state index in [1.54, 1.807) is 14.0 Å². The van der Waals surface area contributed by atoms with Gasteiger partial charge in [-0.3, -0.25) is 14.4 Å². The van der Waals surface area contributed by atoms with Crippen LogP contribution in [0.3, 0.4) is 0 Å². The summed E-state index contributed by atoms with van der Waals surface area (Å²) < 4.78 is 0. The Bertz CT molecular complexity index is 727. The molecule has 134 valence electrons. The van der Waals surface area contributed by atoms with Crippen LogP contribution in [0, 0.1) is 13.8 Å². The summed E-state index contributed by atoms with van der Waals surface area (Å²) in [5.74, 6) is -0.631. The number of hydrazone groups is 1. The predicted molar refractivity (Wildman–Crippen MR) is 96.4 cm³/mol. The van der Waals surface area contributed by atoms with Crippen molar-refractivity contribution in [2.45, 2.75) is 46.1 Å². The summed E-state index contributed by atoms with van der Waals surface area (Å²) in [6.45, 7) is 5.59. The highest BCUT2D eigenvalue weighted by Crippen LogP contribution is 2.25. The molecule has 0 aliphatic carbocycles. The maximum absolute atomic E-state index is 12.4. The number of anilines is 1. The fourth-order valence-corrected chi connectivity index (χ4v) is 2.59. The number of nitrogens with zero attached hydrogens (tertiary/aromatic N) is 2. The summed E-state index contributed by atoms with van der Waals surface area (Å²) in [6.07, 6.45) is 0.706. The Morgan fingerprint density at radius 3 is 2.68 bits per heavy atom. The lowest BCUT2D eigenvalue weighted by Gasteiger charge is -2.25. The zero-order valence-electron chi connectivity index (χ0n) is 15.0. The standard InChI is InChI=1S/C18H24N4O3/c1-11-5-6-12(2)15(9-11)22-17(24)8-7-14(21-22)18(25)20-13(3)10-16(23)19-4/h5-6,9,13H,7-8,10H2,1-4H3,(H,19,23)(H,20,25)/t13-/m1/s1. The van der Waals surface area contributed by atoms with Gasteiger partial charge in [-0.1, -0.05) is 12.1 Å². The second-order valence-electron chi connectivity index (χ2n) is 6.29. The van der Waals surface area contributed by atoms with Crippen molar-refractivity contribution in [1.82, 2.24) is 10.6 Å². The molecule has 0 saturated heterocycles. The van der Waals surface area contributed by atoms with Crippen LogP contribution >= 0.6 is 0 Å². The highest BCUT2D eigenvalue weighted by Gasteiger charge is 2.27. The van der Waals surface area contributed by atoms with Crippen LogP contribution in [-0.2, 0) is 14.4 Å². The molecule has 3 amide bonds. The van der Waals surface area contributed by atoms with Gasteiger partial charge in [-0.15, -0.1) is 0 Å². The molecular formula is C18H24N4O3. The molecule has 0 spiro atoms. The number of benzene rings is 1. The zero-order chi connectivity index (χ0) is 18.6. The van der Waals surface area contributed by atoms with Crippen LogP contribution in [-0.4, -0.2) is 36.5 Å². The number of carbonyl (C=O) groups is 3. The number of rotatable bonds is 5. The first-order valence-electron chi connectivity index (χ1n) is 8.31. The fraction of sp³-hybridized carbons (Fsp3) is 0.444. The van der Waals surface area contributed by atoms with Crippen molar-refractivity contribution >= 4 is 29.1 Å². The van der Waals surface area contributed by atoms with Gasteiger partial charge >= 0.3 is 0 Å². The van der Waals surface area contributed by atoms with E-state index in [-0.39, 0.29) is 36.6 Å². The van der Waals surface area contributed by atoms with Crippen molar-refractivity contribution in [2.24, 2.45) is 5.10 Å². The van der Waals surface area contributed by atoms with Gasteiger partial charge in [0.15, 0.2) is 0 Å². The van der Waals surface area contributed by atoms with E-state index in [4.69, 9.17) is 0 Å². The van der Waals surface area contributed by atoms with Crippen molar-refractivity contribution in [3.05, 3.63) is 29.3 Å². The summed E-state index contributed by atoms with van der Waals surface area (Å²) >= 11 is 0. The van der Waals surface area contributed by atoms with Crippen LogP contribution in [0.2, 0.25) is 0 Å². The third kappa shape index (κ3) is 4.65. The molecule has 0 saturated carbocycles. The van der Waals surface area contributed by atoms with Gasteiger partial charge in [-0.2, -0.15) is 5.10 Å². The molecule has 0 radical (unpaired) electrons. The summed E-state index contributed by atoms with van der Waals surface area (Å²) in [7, 11) is 1.55. The lowest BCUT2D eigenvalue weighted by atomic mass is 10.1. The van der Waals surface area contributed by atoms with E-state index >= 15 is 0 Å². The van der Waals surface area contributed by atoms with Crippen LogP contribution in [0.1, 0.15) is 37.3 Å². The molecule has 7 heteroatoms. The summed E-state index contributed by atoms with van der Waals surface area (Å²) in [5, 5.41) is 10.9. The normalized spacial score (nSPS) is 15.4. The first kappa shape index (κ1) is 18.6. The topological polar surface area (TPSA) is 90.9 Å². The number of nitrogens with one attached hydrogen (secondary N) is 2. The van der Waals surface area contributed by atoms with Crippen LogP contribution in [0.15, 0.2) is 23.3 Å². The van der Waals surface area contributed by atoms with Crippen LogP contribution < -0.4 is 15.6 Å². The van der Waals surface area contributed by atoms with Crippen LogP contribution in [0.25, 0.3) is 0 Å². The molecule has 1 aromatic carbocycles. The van der Waals surface area contributed by atoms with Crippen molar-refractivity contribution in [3.8, 4) is 0 Å². The first-order chi connectivity index (χ1) is 11.8. The molecule has 2 rings (SSSR count). The fourth-order valence-electron chi connectivity index (χ4n) is 2.59. The Morgan fingerprint density at radius 2 is 2.00 bits per heavy atom. The molecule has 0 unspecified atom stereocenters. The van der Waals surface area contributed by atoms with Gasteiger partial charge < -0.3 is 10.6 Å². The monoisotopic (exact) mass is 344 g/mol. The zero-order valence-corrected chi connectivity index (χ0v) is 15.0. The number of amides is 3. The minimum absolute atomic E-state index is 0.136. The van der Waals surface area contributed by atoms with E-state index in [0.29, 0.717) is 17.8 Å². The second kappa shape index (κ2) is 7.92. The Kier molecular flexibility index (Phi) is 5.90. The molecular weight excluding hydrogens is 320 g/mol. The highest BCUT2D eigenvalue weighted by atomic mass is 16.2. The number of carbonyl (C=O) groups excluding carboxylic acids is 3. The van der Waals surface area contributed by atoms with E-state index in [0.717, 1.165) is 11.1 Å². The minimum atomic E-state index is -0.348. The van der Waals surface area contributed by atoms with Gasteiger partial charge in [0.05, 0.1) is 5.69 Å². The van der Waals surface area contributed by atoms with Gasteiger partial charge in [0, 0.05) is 32.4 Å². The number of hydrogen-bond acceptors (Lipinski definition) is 4. The smallest absolute Gasteiger partial charge is 0.267 e. The molecule has 25 heavy (non-hydrogen) atoms. The molecule has 1 aromatic rings. The largest absolute Gasteiger partial charge is 0.359 e. The molecule has 1 heterocycles. The van der Waals surface area contributed by atoms with Gasteiger partial charge in [0.1, 0.15) is 5.71 Å². The Hall–Kier alpha value is -2.70. The molecule has 2 N–H and O–H groups in total. The number of aryl methyl sites for hydroxylation is 2. The Balaban J connectivity index is 2.18. The third-order valence-corrected chi connectivity index (χ3v) is 4.04. The molecule has 0 bridgehead atoms. The minimum Gasteiger partial charge on any atom is -0.359 e. The molecule has 7 nitrogen and oxygen atoms in total. The van der Waals surface area contributed by atoms with Crippen LogP contribution in [0.4, 0.5) is 5.69 Å². The molecule has 1 aliphatic rings. The predicted octanol–water partition coefficient (Wildman–Crippen LogP) is 1.43. The SMILES string of the molecule is CNC(=O)C[C@@H](C)NC(=O)C1=NN(c2cc(C)ccc2C)C(=O)CC1. The van der Waals surface area contributed by atoms with Crippen molar-refractivity contribution in [3.63, 3.8) is 0 Å². The van der Waals surface area contributed by atoms with Crippen molar-refractivity contribution < 1.29 is 14.4 Å². The second-order valence-corrected chi connectivity index (χ2v) is 6.29. The quantitative estimate of drug-likeness (QED) is 0.846. The molecule has 1 aliphatic heterocycles.